The maximum absolute atomic E-state index is 12.6. The van der Waals surface area contributed by atoms with Gasteiger partial charge in [-0.15, -0.1) is 0 Å². The van der Waals surface area contributed by atoms with Crippen molar-refractivity contribution >= 4 is 46.0 Å². The summed E-state index contributed by atoms with van der Waals surface area (Å²) in [6, 6.07) is 9.60. The minimum Gasteiger partial charge on any atom is -0.375 e. The number of thiocarbonyl (C=S) groups is 1. The molecule has 0 bridgehead atoms. The Morgan fingerprint density at radius 3 is 2.75 bits per heavy atom. The van der Waals surface area contributed by atoms with Crippen molar-refractivity contribution in [2.24, 2.45) is 17.9 Å². The number of aromatic nitrogens is 2. The zero-order chi connectivity index (χ0) is 17.3. The Morgan fingerprint density at radius 2 is 2.08 bits per heavy atom. The summed E-state index contributed by atoms with van der Waals surface area (Å²) in [6.07, 6.45) is 5.19. The molecule has 0 fully saturated rings. The Labute approximate surface area is 148 Å². The molecule has 2 heterocycles. The second-order valence-corrected chi connectivity index (χ2v) is 5.94. The van der Waals surface area contributed by atoms with E-state index in [-0.39, 0.29) is 16.2 Å². The first-order chi connectivity index (χ1) is 11.5. The molecule has 0 unspecified atom stereocenters. The smallest absolute Gasteiger partial charge is 0.261 e. The summed E-state index contributed by atoms with van der Waals surface area (Å²) in [5.41, 5.74) is 9.40. The lowest BCUT2D eigenvalue weighted by molar-refractivity contribution is 0.901. The summed E-state index contributed by atoms with van der Waals surface area (Å²) >= 11 is 11.1. The standard InChI is InChI=1S/C16H14ClN5OS/c1-21-13-8-10(22-6-2-3-7-22)4-5-11(13)14(17)12(15(21)23)9-19-20-16(18)24/h2-9H,1H3,(H3,18,20,24)/b19-9+. The van der Waals surface area contributed by atoms with Gasteiger partial charge in [-0.3, -0.25) is 10.2 Å². The highest BCUT2D eigenvalue weighted by Crippen LogP contribution is 2.26. The molecule has 0 saturated heterocycles. The van der Waals surface area contributed by atoms with Crippen LogP contribution in [0.4, 0.5) is 0 Å². The third-order valence-electron chi connectivity index (χ3n) is 3.62. The summed E-state index contributed by atoms with van der Waals surface area (Å²) in [6.45, 7) is 0. The van der Waals surface area contributed by atoms with Crippen LogP contribution in [0.3, 0.4) is 0 Å². The molecular formula is C16H14ClN5OS. The predicted molar refractivity (Wildman–Crippen MR) is 101 cm³/mol. The topological polar surface area (TPSA) is 77.3 Å². The van der Waals surface area contributed by atoms with Gasteiger partial charge in [-0.25, -0.2) is 0 Å². The van der Waals surface area contributed by atoms with Gasteiger partial charge in [-0.2, -0.15) is 5.10 Å². The Balaban J connectivity index is 2.18. The van der Waals surface area contributed by atoms with Gasteiger partial charge in [0.05, 0.1) is 22.3 Å². The van der Waals surface area contributed by atoms with Crippen molar-refractivity contribution in [1.82, 2.24) is 14.6 Å². The predicted octanol–water partition coefficient (Wildman–Crippen LogP) is 2.15. The molecule has 3 N–H and O–H groups in total. The third kappa shape index (κ3) is 2.91. The van der Waals surface area contributed by atoms with Crippen molar-refractivity contribution in [1.29, 1.82) is 0 Å². The molecular weight excluding hydrogens is 346 g/mol. The van der Waals surface area contributed by atoms with Crippen LogP contribution in [0.25, 0.3) is 16.6 Å². The lowest BCUT2D eigenvalue weighted by atomic mass is 10.1. The summed E-state index contributed by atoms with van der Waals surface area (Å²) in [5.74, 6) is 0. The van der Waals surface area contributed by atoms with Crippen LogP contribution in [-0.2, 0) is 7.05 Å². The van der Waals surface area contributed by atoms with E-state index in [2.05, 4.69) is 22.7 Å². The maximum Gasteiger partial charge on any atom is 0.261 e. The molecule has 0 aliphatic carbocycles. The highest BCUT2D eigenvalue weighted by molar-refractivity contribution is 7.80. The van der Waals surface area contributed by atoms with E-state index in [0.29, 0.717) is 5.02 Å². The third-order valence-corrected chi connectivity index (χ3v) is 4.12. The highest BCUT2D eigenvalue weighted by Gasteiger charge is 2.13. The number of rotatable bonds is 3. The Hall–Kier alpha value is -2.64. The van der Waals surface area contributed by atoms with Crippen LogP contribution in [0.15, 0.2) is 52.6 Å². The number of hydrogen-bond donors (Lipinski definition) is 2. The summed E-state index contributed by atoms with van der Waals surface area (Å²) in [7, 11) is 1.69. The Bertz CT molecular complexity index is 1010. The quantitative estimate of drug-likeness (QED) is 0.427. The fourth-order valence-electron chi connectivity index (χ4n) is 2.45. The zero-order valence-corrected chi connectivity index (χ0v) is 14.3. The second kappa shape index (κ2) is 6.46. The van der Waals surface area contributed by atoms with Crippen LogP contribution in [0.5, 0.6) is 0 Å². The molecule has 122 valence electrons. The van der Waals surface area contributed by atoms with Crippen molar-refractivity contribution in [3.63, 3.8) is 0 Å². The van der Waals surface area contributed by atoms with Gasteiger partial charge in [-0.05, 0) is 42.5 Å². The molecule has 0 amide bonds. The van der Waals surface area contributed by atoms with E-state index in [1.165, 1.54) is 10.8 Å². The SMILES string of the molecule is Cn1c(=O)c(/C=N/NC(N)=S)c(Cl)c2ccc(-n3cccc3)cc21. The molecule has 3 aromatic rings. The monoisotopic (exact) mass is 359 g/mol. The molecule has 24 heavy (non-hydrogen) atoms. The Morgan fingerprint density at radius 1 is 1.38 bits per heavy atom. The number of hydrazone groups is 1. The molecule has 0 aliphatic heterocycles. The van der Waals surface area contributed by atoms with Crippen LogP contribution in [0.1, 0.15) is 5.56 Å². The van der Waals surface area contributed by atoms with Gasteiger partial charge in [0.1, 0.15) is 0 Å². The minimum atomic E-state index is -0.259. The van der Waals surface area contributed by atoms with Crippen molar-refractivity contribution in [3.05, 3.63) is 63.7 Å². The van der Waals surface area contributed by atoms with E-state index in [9.17, 15) is 4.79 Å². The lowest BCUT2D eigenvalue weighted by Crippen LogP contribution is -2.26. The summed E-state index contributed by atoms with van der Waals surface area (Å²) in [5, 5.41) is 4.93. The molecule has 8 heteroatoms. The van der Waals surface area contributed by atoms with Gasteiger partial charge in [0.15, 0.2) is 5.11 Å². The van der Waals surface area contributed by atoms with E-state index in [1.807, 2.05) is 47.3 Å². The summed E-state index contributed by atoms with van der Waals surface area (Å²) in [4.78, 5) is 12.6. The first kappa shape index (κ1) is 16.2. The molecule has 0 spiro atoms. The van der Waals surface area contributed by atoms with Crippen LogP contribution < -0.4 is 16.7 Å². The molecule has 0 radical (unpaired) electrons. The second-order valence-electron chi connectivity index (χ2n) is 5.12. The van der Waals surface area contributed by atoms with E-state index in [4.69, 9.17) is 17.3 Å². The number of nitrogens with two attached hydrogens (primary N) is 1. The number of benzene rings is 1. The number of nitrogens with one attached hydrogen (secondary N) is 1. The van der Waals surface area contributed by atoms with E-state index in [1.54, 1.807) is 7.05 Å². The van der Waals surface area contributed by atoms with Gasteiger partial charge < -0.3 is 14.9 Å². The molecule has 1 aromatic carbocycles. The number of aryl methyl sites for hydroxylation is 1. The number of fused-ring (bicyclic) bond motifs is 1. The van der Waals surface area contributed by atoms with E-state index in [0.717, 1.165) is 16.6 Å². The van der Waals surface area contributed by atoms with Crippen molar-refractivity contribution < 1.29 is 0 Å². The summed E-state index contributed by atoms with van der Waals surface area (Å²) < 4.78 is 3.50. The highest BCUT2D eigenvalue weighted by atomic mass is 35.5. The van der Waals surface area contributed by atoms with Crippen LogP contribution in [-0.4, -0.2) is 20.5 Å². The first-order valence-electron chi connectivity index (χ1n) is 7.03. The van der Waals surface area contributed by atoms with Gasteiger partial charge in [0.25, 0.3) is 5.56 Å². The molecule has 0 aliphatic rings. The van der Waals surface area contributed by atoms with Crippen molar-refractivity contribution in [3.8, 4) is 5.69 Å². The largest absolute Gasteiger partial charge is 0.375 e. The number of halogens is 1. The van der Waals surface area contributed by atoms with Crippen LogP contribution >= 0.6 is 23.8 Å². The van der Waals surface area contributed by atoms with Gasteiger partial charge in [0, 0.05) is 30.5 Å². The van der Waals surface area contributed by atoms with Crippen LogP contribution in [0, 0.1) is 0 Å². The maximum atomic E-state index is 12.6. The zero-order valence-electron chi connectivity index (χ0n) is 12.7. The van der Waals surface area contributed by atoms with E-state index < -0.39 is 0 Å². The number of hydrogen-bond acceptors (Lipinski definition) is 3. The van der Waals surface area contributed by atoms with E-state index >= 15 is 0 Å². The van der Waals surface area contributed by atoms with Gasteiger partial charge in [-0.1, -0.05) is 11.6 Å². The number of pyridine rings is 1. The van der Waals surface area contributed by atoms with Crippen molar-refractivity contribution in [2.45, 2.75) is 0 Å². The first-order valence-corrected chi connectivity index (χ1v) is 7.82. The molecule has 3 rings (SSSR count). The minimum absolute atomic E-state index is 0.0105. The fraction of sp³-hybridized carbons (Fsp3) is 0.0625. The fourth-order valence-corrected chi connectivity index (χ4v) is 2.79. The molecule has 0 atom stereocenters. The molecule has 0 saturated carbocycles. The van der Waals surface area contributed by atoms with Crippen LogP contribution in [0.2, 0.25) is 5.02 Å². The molecule has 2 aromatic heterocycles. The average Bonchev–Trinajstić information content (AvgIpc) is 3.09. The normalized spacial score (nSPS) is 11.2. The van der Waals surface area contributed by atoms with Gasteiger partial charge in [0.2, 0.25) is 0 Å². The Kier molecular flexibility index (Phi) is 4.37. The van der Waals surface area contributed by atoms with Crippen molar-refractivity contribution in [2.75, 3.05) is 0 Å². The number of nitrogens with zero attached hydrogens (tertiary/aromatic N) is 3. The molecule has 6 nitrogen and oxygen atoms in total. The lowest BCUT2D eigenvalue weighted by Gasteiger charge is -2.12. The van der Waals surface area contributed by atoms with Gasteiger partial charge >= 0.3 is 0 Å². The average molecular weight is 360 g/mol.